The minimum absolute atomic E-state index is 0.0264. The normalized spacial score (nSPS) is 19.9. The Morgan fingerprint density at radius 3 is 2.29 bits per heavy atom. The molecule has 1 heterocycles. The van der Waals surface area contributed by atoms with Crippen LogP contribution in [0.15, 0.2) is 0 Å². The lowest BCUT2D eigenvalue weighted by Gasteiger charge is -2.34. The molecular weight excluding hydrogens is 310 g/mol. The monoisotopic (exact) mass is 339 g/mol. The highest BCUT2D eigenvalue weighted by molar-refractivity contribution is 5.87. The molecule has 24 heavy (non-hydrogen) atoms. The first-order valence-electron chi connectivity index (χ1n) is 8.69. The predicted molar refractivity (Wildman–Crippen MR) is 90.0 cm³/mol. The zero-order valence-electron chi connectivity index (χ0n) is 14.6. The molecule has 1 saturated heterocycles. The number of hydrogen-bond acceptors (Lipinski definition) is 5. The highest BCUT2D eigenvalue weighted by atomic mass is 16.2. The van der Waals surface area contributed by atoms with Crippen LogP contribution in [0.2, 0.25) is 0 Å². The van der Waals surface area contributed by atoms with Crippen LogP contribution in [0, 0.1) is 5.92 Å². The lowest BCUT2D eigenvalue weighted by atomic mass is 10.1. The Hall–Kier alpha value is -1.67. The van der Waals surface area contributed by atoms with Crippen molar-refractivity contribution in [3.05, 3.63) is 0 Å². The van der Waals surface area contributed by atoms with Crippen LogP contribution in [0.1, 0.15) is 26.7 Å². The molecule has 0 bridgehead atoms. The third kappa shape index (κ3) is 5.76. The molecule has 2 fully saturated rings. The van der Waals surface area contributed by atoms with Gasteiger partial charge >= 0.3 is 0 Å². The smallest absolute Gasteiger partial charge is 0.242 e. The van der Waals surface area contributed by atoms with Crippen LogP contribution in [0.4, 0.5) is 0 Å². The van der Waals surface area contributed by atoms with Crippen molar-refractivity contribution < 1.29 is 14.4 Å². The SMILES string of the molecule is CC(C)[C@H](N)C(=O)NCC(=O)N1CCN(CC(=O)NC2CC2)CC1. The molecule has 2 aliphatic rings. The van der Waals surface area contributed by atoms with E-state index in [2.05, 4.69) is 15.5 Å². The quantitative estimate of drug-likeness (QED) is 0.524. The van der Waals surface area contributed by atoms with Gasteiger partial charge in [0, 0.05) is 32.2 Å². The molecule has 0 aromatic rings. The number of rotatable bonds is 7. The van der Waals surface area contributed by atoms with Gasteiger partial charge in [0.15, 0.2) is 0 Å². The maximum Gasteiger partial charge on any atom is 0.242 e. The van der Waals surface area contributed by atoms with Gasteiger partial charge in [-0.25, -0.2) is 0 Å². The molecule has 8 nitrogen and oxygen atoms in total. The van der Waals surface area contributed by atoms with E-state index in [4.69, 9.17) is 5.73 Å². The number of nitrogens with zero attached hydrogens (tertiary/aromatic N) is 2. The van der Waals surface area contributed by atoms with Crippen LogP contribution in [0.3, 0.4) is 0 Å². The second-order valence-electron chi connectivity index (χ2n) is 6.99. The van der Waals surface area contributed by atoms with Gasteiger partial charge in [-0.1, -0.05) is 13.8 Å². The molecule has 0 aromatic heterocycles. The third-order valence-corrected chi connectivity index (χ3v) is 4.47. The molecule has 1 saturated carbocycles. The topological polar surface area (TPSA) is 108 Å². The molecule has 0 aromatic carbocycles. The van der Waals surface area contributed by atoms with Gasteiger partial charge in [-0.3, -0.25) is 19.3 Å². The molecule has 4 N–H and O–H groups in total. The molecule has 3 amide bonds. The Labute approximate surface area is 143 Å². The van der Waals surface area contributed by atoms with Gasteiger partial charge in [-0.05, 0) is 18.8 Å². The van der Waals surface area contributed by atoms with E-state index in [0.29, 0.717) is 38.8 Å². The first kappa shape index (κ1) is 18.7. The van der Waals surface area contributed by atoms with E-state index in [0.717, 1.165) is 12.8 Å². The van der Waals surface area contributed by atoms with Gasteiger partial charge < -0.3 is 21.3 Å². The van der Waals surface area contributed by atoms with Gasteiger partial charge in [-0.2, -0.15) is 0 Å². The van der Waals surface area contributed by atoms with E-state index in [1.54, 1.807) is 4.90 Å². The average Bonchev–Trinajstić information content (AvgIpc) is 3.35. The Kier molecular flexibility index (Phi) is 6.56. The molecule has 1 aliphatic heterocycles. The number of carbonyl (C=O) groups is 3. The van der Waals surface area contributed by atoms with Crippen molar-refractivity contribution in [2.24, 2.45) is 11.7 Å². The molecule has 0 unspecified atom stereocenters. The number of amides is 3. The summed E-state index contributed by atoms with van der Waals surface area (Å²) >= 11 is 0. The number of nitrogens with one attached hydrogen (secondary N) is 2. The first-order chi connectivity index (χ1) is 11.4. The number of carbonyl (C=O) groups excluding carboxylic acids is 3. The van der Waals surface area contributed by atoms with Gasteiger partial charge in [0.25, 0.3) is 0 Å². The van der Waals surface area contributed by atoms with E-state index >= 15 is 0 Å². The molecular formula is C16H29N5O3. The minimum atomic E-state index is -0.598. The second-order valence-corrected chi connectivity index (χ2v) is 6.99. The number of nitrogens with two attached hydrogens (primary N) is 1. The van der Waals surface area contributed by atoms with E-state index < -0.39 is 6.04 Å². The summed E-state index contributed by atoms with van der Waals surface area (Å²) in [6.45, 7) is 6.57. The van der Waals surface area contributed by atoms with E-state index in [9.17, 15) is 14.4 Å². The highest BCUT2D eigenvalue weighted by Gasteiger charge is 2.26. The van der Waals surface area contributed by atoms with Crippen LogP contribution in [0.25, 0.3) is 0 Å². The Morgan fingerprint density at radius 2 is 1.75 bits per heavy atom. The van der Waals surface area contributed by atoms with E-state index in [-0.39, 0.29) is 30.2 Å². The first-order valence-corrected chi connectivity index (χ1v) is 8.69. The summed E-state index contributed by atoms with van der Waals surface area (Å²) in [5.74, 6) is -0.312. The summed E-state index contributed by atoms with van der Waals surface area (Å²) in [7, 11) is 0. The third-order valence-electron chi connectivity index (χ3n) is 4.47. The molecule has 0 radical (unpaired) electrons. The van der Waals surface area contributed by atoms with Crippen LogP contribution < -0.4 is 16.4 Å². The zero-order valence-corrected chi connectivity index (χ0v) is 14.6. The van der Waals surface area contributed by atoms with Gasteiger partial charge in [0.1, 0.15) is 0 Å². The maximum atomic E-state index is 12.2. The molecule has 136 valence electrons. The highest BCUT2D eigenvalue weighted by Crippen LogP contribution is 2.18. The maximum absolute atomic E-state index is 12.2. The summed E-state index contributed by atoms with van der Waals surface area (Å²) in [5.41, 5.74) is 5.75. The van der Waals surface area contributed by atoms with Gasteiger partial charge in [0.2, 0.25) is 17.7 Å². The molecule has 0 spiro atoms. The number of hydrogen-bond donors (Lipinski definition) is 3. The van der Waals surface area contributed by atoms with Crippen molar-refractivity contribution >= 4 is 17.7 Å². The largest absolute Gasteiger partial charge is 0.352 e. The summed E-state index contributed by atoms with van der Waals surface area (Å²) < 4.78 is 0. The van der Waals surface area contributed by atoms with Gasteiger partial charge in [-0.15, -0.1) is 0 Å². The van der Waals surface area contributed by atoms with Crippen molar-refractivity contribution in [3.8, 4) is 0 Å². The molecule has 1 aliphatic carbocycles. The van der Waals surface area contributed by atoms with Gasteiger partial charge in [0.05, 0.1) is 19.1 Å². The Morgan fingerprint density at radius 1 is 1.12 bits per heavy atom. The fraction of sp³-hybridized carbons (Fsp3) is 0.812. The van der Waals surface area contributed by atoms with Crippen LogP contribution in [-0.4, -0.2) is 78.9 Å². The fourth-order valence-electron chi connectivity index (χ4n) is 2.55. The number of piperazine rings is 1. The second kappa shape index (κ2) is 8.43. The zero-order chi connectivity index (χ0) is 17.7. The molecule has 2 rings (SSSR count). The fourth-order valence-corrected chi connectivity index (χ4v) is 2.55. The summed E-state index contributed by atoms with van der Waals surface area (Å²) in [6.07, 6.45) is 2.17. The minimum Gasteiger partial charge on any atom is -0.352 e. The van der Waals surface area contributed by atoms with Crippen LogP contribution in [-0.2, 0) is 14.4 Å². The lowest BCUT2D eigenvalue weighted by molar-refractivity contribution is -0.135. The Balaban J connectivity index is 1.64. The average molecular weight is 339 g/mol. The summed E-state index contributed by atoms with van der Waals surface area (Å²) in [6, 6.07) is -0.221. The molecule has 1 atom stereocenters. The predicted octanol–water partition coefficient (Wildman–Crippen LogP) is -1.49. The standard InChI is InChI=1S/C16H29N5O3/c1-11(2)15(17)16(24)18-9-14(23)21-7-5-20(6-8-21)10-13(22)19-12-3-4-12/h11-12,15H,3-10,17H2,1-2H3,(H,18,24)(H,19,22)/t15-/m0/s1. The van der Waals surface area contributed by atoms with Crippen molar-refractivity contribution in [2.45, 2.75) is 38.8 Å². The van der Waals surface area contributed by atoms with E-state index in [1.807, 2.05) is 13.8 Å². The molecule has 8 heteroatoms. The van der Waals surface area contributed by atoms with Crippen molar-refractivity contribution in [1.29, 1.82) is 0 Å². The van der Waals surface area contributed by atoms with E-state index in [1.165, 1.54) is 0 Å². The van der Waals surface area contributed by atoms with Crippen LogP contribution >= 0.6 is 0 Å². The lowest BCUT2D eigenvalue weighted by Crippen LogP contribution is -2.54. The van der Waals surface area contributed by atoms with Crippen LogP contribution in [0.5, 0.6) is 0 Å². The van der Waals surface area contributed by atoms with Crippen molar-refractivity contribution in [2.75, 3.05) is 39.3 Å². The van der Waals surface area contributed by atoms with Crippen molar-refractivity contribution in [3.63, 3.8) is 0 Å². The summed E-state index contributed by atoms with van der Waals surface area (Å²) in [5, 5.41) is 5.57. The Bertz CT molecular complexity index is 470. The summed E-state index contributed by atoms with van der Waals surface area (Å²) in [4.78, 5) is 39.5. The van der Waals surface area contributed by atoms with Crippen molar-refractivity contribution in [1.82, 2.24) is 20.4 Å².